The summed E-state index contributed by atoms with van der Waals surface area (Å²) < 4.78 is 0. The van der Waals surface area contributed by atoms with Crippen LogP contribution in [0.1, 0.15) is 31.9 Å². The van der Waals surface area contributed by atoms with Gasteiger partial charge in [0.15, 0.2) is 5.82 Å². The Kier molecular flexibility index (Phi) is 3.62. The standard InChI is InChI=1S/C13H22N4/c1-10(2)12-5-6-13(15-14-12)17-8-7-11(9-17)16(3)4/h5-6,10-11H,7-9H2,1-4H3. The zero-order valence-corrected chi connectivity index (χ0v) is 11.2. The van der Waals surface area contributed by atoms with E-state index in [1.807, 2.05) is 0 Å². The molecule has 0 spiro atoms. The molecule has 1 atom stereocenters. The molecule has 1 unspecified atom stereocenters. The largest absolute Gasteiger partial charge is 0.354 e. The number of nitrogens with zero attached hydrogens (tertiary/aromatic N) is 4. The third-order valence-corrected chi connectivity index (χ3v) is 3.48. The first-order chi connectivity index (χ1) is 8.08. The molecule has 1 aromatic heterocycles. The molecule has 1 aliphatic rings. The van der Waals surface area contributed by atoms with Crippen molar-refractivity contribution >= 4 is 5.82 Å². The summed E-state index contributed by atoms with van der Waals surface area (Å²) in [5, 5.41) is 8.62. The average Bonchev–Trinajstić information content (AvgIpc) is 2.78. The molecule has 0 aliphatic carbocycles. The van der Waals surface area contributed by atoms with Gasteiger partial charge in [0, 0.05) is 19.1 Å². The van der Waals surface area contributed by atoms with Crippen molar-refractivity contribution in [2.75, 3.05) is 32.1 Å². The predicted octanol–water partition coefficient (Wildman–Crippen LogP) is 1.74. The lowest BCUT2D eigenvalue weighted by Crippen LogP contribution is -2.31. The molecule has 0 bridgehead atoms. The summed E-state index contributed by atoms with van der Waals surface area (Å²) >= 11 is 0. The lowest BCUT2D eigenvalue weighted by atomic mass is 10.1. The summed E-state index contributed by atoms with van der Waals surface area (Å²) in [4.78, 5) is 4.61. The molecular weight excluding hydrogens is 212 g/mol. The van der Waals surface area contributed by atoms with Crippen LogP contribution in [0.3, 0.4) is 0 Å². The third-order valence-electron chi connectivity index (χ3n) is 3.48. The second kappa shape index (κ2) is 5.00. The van der Waals surface area contributed by atoms with Gasteiger partial charge in [-0.1, -0.05) is 13.8 Å². The Morgan fingerprint density at radius 1 is 1.29 bits per heavy atom. The molecule has 0 N–H and O–H groups in total. The van der Waals surface area contributed by atoms with Crippen molar-refractivity contribution in [2.24, 2.45) is 0 Å². The highest BCUT2D eigenvalue weighted by molar-refractivity contribution is 5.39. The molecule has 4 nitrogen and oxygen atoms in total. The minimum absolute atomic E-state index is 0.449. The maximum absolute atomic E-state index is 4.33. The molecule has 4 heteroatoms. The zero-order chi connectivity index (χ0) is 12.4. The summed E-state index contributed by atoms with van der Waals surface area (Å²) in [6.45, 7) is 6.42. The lowest BCUT2D eigenvalue weighted by molar-refractivity contribution is 0.315. The van der Waals surface area contributed by atoms with E-state index >= 15 is 0 Å². The molecule has 2 rings (SSSR count). The average molecular weight is 234 g/mol. The number of anilines is 1. The van der Waals surface area contributed by atoms with Crippen molar-refractivity contribution in [3.05, 3.63) is 17.8 Å². The molecule has 0 radical (unpaired) electrons. The predicted molar refractivity (Wildman–Crippen MR) is 70.4 cm³/mol. The molecule has 0 aromatic carbocycles. The van der Waals surface area contributed by atoms with Gasteiger partial charge in [-0.05, 0) is 38.6 Å². The molecule has 1 aliphatic heterocycles. The van der Waals surface area contributed by atoms with E-state index < -0.39 is 0 Å². The van der Waals surface area contributed by atoms with Gasteiger partial charge < -0.3 is 9.80 Å². The Morgan fingerprint density at radius 2 is 2.06 bits per heavy atom. The fourth-order valence-corrected chi connectivity index (χ4v) is 2.18. The maximum atomic E-state index is 4.33. The van der Waals surface area contributed by atoms with Crippen LogP contribution in [0.2, 0.25) is 0 Å². The van der Waals surface area contributed by atoms with Gasteiger partial charge in [-0.3, -0.25) is 0 Å². The summed E-state index contributed by atoms with van der Waals surface area (Å²) in [7, 11) is 4.28. The first-order valence-electron chi connectivity index (χ1n) is 6.33. The molecule has 2 heterocycles. The van der Waals surface area contributed by atoms with Crippen LogP contribution < -0.4 is 4.90 Å². The molecule has 0 saturated carbocycles. The van der Waals surface area contributed by atoms with Gasteiger partial charge in [-0.15, -0.1) is 5.10 Å². The fraction of sp³-hybridized carbons (Fsp3) is 0.692. The number of aromatic nitrogens is 2. The maximum Gasteiger partial charge on any atom is 0.151 e. The van der Waals surface area contributed by atoms with Gasteiger partial charge in [-0.2, -0.15) is 5.10 Å². The van der Waals surface area contributed by atoms with Crippen molar-refractivity contribution in [1.82, 2.24) is 15.1 Å². The van der Waals surface area contributed by atoms with Crippen molar-refractivity contribution in [3.8, 4) is 0 Å². The van der Waals surface area contributed by atoms with Gasteiger partial charge in [0.1, 0.15) is 0 Å². The van der Waals surface area contributed by atoms with Gasteiger partial charge in [0.05, 0.1) is 5.69 Å². The second-order valence-corrected chi connectivity index (χ2v) is 5.32. The van der Waals surface area contributed by atoms with Crippen molar-refractivity contribution in [1.29, 1.82) is 0 Å². The zero-order valence-electron chi connectivity index (χ0n) is 11.2. The van der Waals surface area contributed by atoms with Gasteiger partial charge >= 0.3 is 0 Å². The normalized spacial score (nSPS) is 20.6. The van der Waals surface area contributed by atoms with Gasteiger partial charge in [-0.25, -0.2) is 0 Å². The van der Waals surface area contributed by atoms with Crippen LogP contribution in [0, 0.1) is 0 Å². The topological polar surface area (TPSA) is 32.3 Å². The summed E-state index contributed by atoms with van der Waals surface area (Å²) in [5.41, 5.74) is 1.07. The van der Waals surface area contributed by atoms with Crippen LogP contribution in [0.5, 0.6) is 0 Å². The van der Waals surface area contributed by atoms with Crippen LogP contribution in [0.25, 0.3) is 0 Å². The highest BCUT2D eigenvalue weighted by atomic mass is 15.3. The molecule has 1 aromatic rings. The van der Waals surface area contributed by atoms with E-state index in [-0.39, 0.29) is 0 Å². The molecule has 1 fully saturated rings. The second-order valence-electron chi connectivity index (χ2n) is 5.32. The van der Waals surface area contributed by atoms with E-state index in [9.17, 15) is 0 Å². The van der Waals surface area contributed by atoms with Crippen molar-refractivity contribution in [2.45, 2.75) is 32.2 Å². The summed E-state index contributed by atoms with van der Waals surface area (Å²) in [5.74, 6) is 1.46. The van der Waals surface area contributed by atoms with E-state index in [0.717, 1.165) is 24.6 Å². The Balaban J connectivity index is 2.04. The first-order valence-corrected chi connectivity index (χ1v) is 6.33. The number of hydrogen-bond donors (Lipinski definition) is 0. The van der Waals surface area contributed by atoms with Crippen molar-refractivity contribution < 1.29 is 0 Å². The SMILES string of the molecule is CC(C)c1ccc(N2CCC(N(C)C)C2)nn1. The van der Waals surface area contributed by atoms with E-state index in [2.05, 4.69) is 60.1 Å². The Bertz CT molecular complexity index is 358. The Hall–Kier alpha value is -1.16. The van der Waals surface area contributed by atoms with Gasteiger partial charge in [0.2, 0.25) is 0 Å². The minimum atomic E-state index is 0.449. The number of rotatable bonds is 3. The quantitative estimate of drug-likeness (QED) is 0.797. The van der Waals surface area contributed by atoms with Crippen LogP contribution in [-0.2, 0) is 0 Å². The smallest absolute Gasteiger partial charge is 0.151 e. The first kappa shape index (κ1) is 12.3. The highest BCUT2D eigenvalue weighted by Crippen LogP contribution is 2.20. The van der Waals surface area contributed by atoms with E-state index in [1.54, 1.807) is 0 Å². The molecule has 1 saturated heterocycles. The van der Waals surface area contributed by atoms with E-state index in [0.29, 0.717) is 12.0 Å². The van der Waals surface area contributed by atoms with Crippen LogP contribution >= 0.6 is 0 Å². The van der Waals surface area contributed by atoms with E-state index in [4.69, 9.17) is 0 Å². The monoisotopic (exact) mass is 234 g/mol. The fourth-order valence-electron chi connectivity index (χ4n) is 2.18. The summed E-state index contributed by atoms with van der Waals surface area (Å²) in [6, 6.07) is 4.83. The number of likely N-dealkylation sites (N-methyl/N-ethyl adjacent to an activating group) is 1. The van der Waals surface area contributed by atoms with Crippen LogP contribution in [0.15, 0.2) is 12.1 Å². The number of hydrogen-bond acceptors (Lipinski definition) is 4. The molecule has 94 valence electrons. The van der Waals surface area contributed by atoms with Gasteiger partial charge in [0.25, 0.3) is 0 Å². The summed E-state index contributed by atoms with van der Waals surface area (Å²) in [6.07, 6.45) is 1.21. The minimum Gasteiger partial charge on any atom is -0.354 e. The van der Waals surface area contributed by atoms with Crippen molar-refractivity contribution in [3.63, 3.8) is 0 Å². The Labute approximate surface area is 104 Å². The molecule has 17 heavy (non-hydrogen) atoms. The van der Waals surface area contributed by atoms with Crippen LogP contribution in [0.4, 0.5) is 5.82 Å². The molecular formula is C13H22N4. The van der Waals surface area contributed by atoms with Crippen LogP contribution in [-0.4, -0.2) is 48.3 Å². The third kappa shape index (κ3) is 2.75. The highest BCUT2D eigenvalue weighted by Gasteiger charge is 2.24. The lowest BCUT2D eigenvalue weighted by Gasteiger charge is -2.20. The molecule has 0 amide bonds. The Morgan fingerprint density at radius 3 is 2.53 bits per heavy atom. The van der Waals surface area contributed by atoms with E-state index in [1.165, 1.54) is 6.42 Å².